The van der Waals surface area contributed by atoms with E-state index in [9.17, 15) is 4.79 Å². The molecule has 1 atom stereocenters. The molecule has 7 heteroatoms. The van der Waals surface area contributed by atoms with Crippen molar-refractivity contribution >= 4 is 28.7 Å². The van der Waals surface area contributed by atoms with Crippen molar-refractivity contribution in [2.45, 2.75) is 32.4 Å². The molecule has 116 valence electrons. The summed E-state index contributed by atoms with van der Waals surface area (Å²) in [6.45, 7) is 4.81. The van der Waals surface area contributed by atoms with Gasteiger partial charge in [-0.15, -0.1) is 23.7 Å². The average molecular weight is 329 g/mol. The molecule has 1 aliphatic heterocycles. The number of likely N-dealkylation sites (tertiary alicyclic amines) is 1. The van der Waals surface area contributed by atoms with Crippen molar-refractivity contribution in [2.24, 2.45) is 0 Å². The lowest BCUT2D eigenvalue weighted by atomic mass is 10.2. The van der Waals surface area contributed by atoms with Gasteiger partial charge in [0.15, 0.2) is 4.96 Å². The van der Waals surface area contributed by atoms with E-state index in [1.54, 1.807) is 10.5 Å². The minimum absolute atomic E-state index is 0. The van der Waals surface area contributed by atoms with Gasteiger partial charge in [-0.3, -0.25) is 14.1 Å². The van der Waals surface area contributed by atoms with E-state index in [4.69, 9.17) is 0 Å². The molecule has 0 saturated carbocycles. The van der Waals surface area contributed by atoms with Crippen molar-refractivity contribution < 1.29 is 0 Å². The maximum absolute atomic E-state index is 12.2. The van der Waals surface area contributed by atoms with Gasteiger partial charge in [-0.05, 0) is 33.4 Å². The van der Waals surface area contributed by atoms with E-state index in [0.29, 0.717) is 6.04 Å². The molecule has 1 aliphatic rings. The van der Waals surface area contributed by atoms with Crippen molar-refractivity contribution in [3.8, 4) is 0 Å². The molecule has 0 radical (unpaired) electrons. The zero-order valence-corrected chi connectivity index (χ0v) is 14.0. The van der Waals surface area contributed by atoms with Gasteiger partial charge in [0.25, 0.3) is 5.56 Å². The monoisotopic (exact) mass is 328 g/mol. The molecule has 0 bridgehead atoms. The zero-order chi connectivity index (χ0) is 14.1. The van der Waals surface area contributed by atoms with E-state index in [2.05, 4.69) is 15.2 Å². The van der Waals surface area contributed by atoms with Gasteiger partial charge in [0, 0.05) is 36.3 Å². The van der Waals surface area contributed by atoms with Gasteiger partial charge in [-0.1, -0.05) is 0 Å². The van der Waals surface area contributed by atoms with Crippen LogP contribution >= 0.6 is 23.7 Å². The normalized spacial score (nSPS) is 19.0. The Kier molecular flexibility index (Phi) is 5.37. The van der Waals surface area contributed by atoms with Crippen LogP contribution in [-0.2, 0) is 6.54 Å². The maximum Gasteiger partial charge on any atom is 0.259 e. The predicted molar refractivity (Wildman–Crippen MR) is 88.7 cm³/mol. The summed E-state index contributed by atoms with van der Waals surface area (Å²) in [7, 11) is 1.99. The highest BCUT2D eigenvalue weighted by atomic mass is 35.5. The fraction of sp³-hybridized carbons (Fsp3) is 0.571. The number of nitrogens with zero attached hydrogens (tertiary/aromatic N) is 3. The molecule has 1 fully saturated rings. The minimum Gasteiger partial charge on any atom is -0.318 e. The minimum atomic E-state index is 0. The van der Waals surface area contributed by atoms with E-state index in [-0.39, 0.29) is 18.0 Å². The molecule has 1 N–H and O–H groups in total. The third kappa shape index (κ3) is 3.29. The standard InChI is InChI=1S/C14H20N4OS.ClH/c1-10-9-20-14-16-11(6-13(19)18(10)14)8-17-5-3-4-12(17)7-15-2;/h6,9,12,15H,3-5,7-8H2,1-2H3;1H. The Labute approximate surface area is 134 Å². The smallest absolute Gasteiger partial charge is 0.259 e. The third-order valence-corrected chi connectivity index (χ3v) is 4.88. The number of hydrogen-bond acceptors (Lipinski definition) is 5. The second kappa shape index (κ2) is 6.87. The van der Waals surface area contributed by atoms with Gasteiger partial charge in [0.05, 0.1) is 5.69 Å². The fourth-order valence-corrected chi connectivity index (χ4v) is 3.85. The van der Waals surface area contributed by atoms with Gasteiger partial charge in [-0.25, -0.2) is 4.98 Å². The van der Waals surface area contributed by atoms with Crippen molar-refractivity contribution in [1.29, 1.82) is 0 Å². The molecule has 2 aromatic heterocycles. The lowest BCUT2D eigenvalue weighted by Gasteiger charge is -2.23. The van der Waals surface area contributed by atoms with E-state index in [1.165, 1.54) is 24.2 Å². The Morgan fingerprint density at radius 1 is 1.52 bits per heavy atom. The van der Waals surface area contributed by atoms with Gasteiger partial charge < -0.3 is 5.32 Å². The van der Waals surface area contributed by atoms with Crippen LogP contribution in [0.1, 0.15) is 24.2 Å². The van der Waals surface area contributed by atoms with Crippen molar-refractivity contribution in [3.63, 3.8) is 0 Å². The highest BCUT2D eigenvalue weighted by Gasteiger charge is 2.24. The topological polar surface area (TPSA) is 49.6 Å². The summed E-state index contributed by atoms with van der Waals surface area (Å²) >= 11 is 1.53. The summed E-state index contributed by atoms with van der Waals surface area (Å²) in [5.74, 6) is 0. The summed E-state index contributed by atoms with van der Waals surface area (Å²) in [6.07, 6.45) is 2.45. The highest BCUT2D eigenvalue weighted by Crippen LogP contribution is 2.19. The average Bonchev–Trinajstić information content (AvgIpc) is 2.98. The van der Waals surface area contributed by atoms with Crippen LogP contribution in [0.5, 0.6) is 0 Å². The Morgan fingerprint density at radius 3 is 3.10 bits per heavy atom. The molecule has 3 rings (SSSR count). The highest BCUT2D eigenvalue weighted by molar-refractivity contribution is 7.15. The van der Waals surface area contributed by atoms with Crippen LogP contribution in [0, 0.1) is 6.92 Å². The van der Waals surface area contributed by atoms with Crippen LogP contribution in [0.25, 0.3) is 4.96 Å². The molecule has 0 amide bonds. The van der Waals surface area contributed by atoms with E-state index < -0.39 is 0 Å². The van der Waals surface area contributed by atoms with Gasteiger partial charge >= 0.3 is 0 Å². The van der Waals surface area contributed by atoms with Crippen LogP contribution in [-0.4, -0.2) is 40.5 Å². The number of rotatable bonds is 4. The van der Waals surface area contributed by atoms with Gasteiger partial charge in [0.2, 0.25) is 0 Å². The first-order valence-corrected chi connectivity index (χ1v) is 7.92. The first kappa shape index (κ1) is 16.4. The lowest BCUT2D eigenvalue weighted by Crippen LogP contribution is -2.36. The summed E-state index contributed by atoms with van der Waals surface area (Å²) in [4.78, 5) is 20.0. The largest absolute Gasteiger partial charge is 0.318 e. The molecular formula is C14H21ClN4OS. The Balaban J connectivity index is 0.00000161. The Morgan fingerprint density at radius 2 is 2.33 bits per heavy atom. The summed E-state index contributed by atoms with van der Waals surface area (Å²) in [5.41, 5.74) is 1.89. The zero-order valence-electron chi connectivity index (χ0n) is 12.3. The molecule has 1 saturated heterocycles. The van der Waals surface area contributed by atoms with Gasteiger partial charge in [-0.2, -0.15) is 0 Å². The molecule has 0 aliphatic carbocycles. The number of aryl methyl sites for hydroxylation is 1. The molecule has 0 spiro atoms. The quantitative estimate of drug-likeness (QED) is 0.927. The number of aromatic nitrogens is 2. The molecule has 3 heterocycles. The predicted octanol–water partition coefficient (Wildman–Crippen LogP) is 1.67. The molecular weight excluding hydrogens is 308 g/mol. The third-order valence-electron chi connectivity index (χ3n) is 3.93. The van der Waals surface area contributed by atoms with Crippen LogP contribution in [0.3, 0.4) is 0 Å². The summed E-state index contributed by atoms with van der Waals surface area (Å²) in [5, 5.41) is 5.22. The molecule has 2 aromatic rings. The second-order valence-electron chi connectivity index (χ2n) is 5.40. The second-order valence-corrected chi connectivity index (χ2v) is 6.24. The van der Waals surface area contributed by atoms with Crippen LogP contribution in [0.4, 0.5) is 0 Å². The first-order chi connectivity index (χ1) is 9.69. The van der Waals surface area contributed by atoms with Crippen LogP contribution in [0.15, 0.2) is 16.2 Å². The molecule has 5 nitrogen and oxygen atoms in total. The van der Waals surface area contributed by atoms with Crippen LogP contribution in [0.2, 0.25) is 0 Å². The summed E-state index contributed by atoms with van der Waals surface area (Å²) < 4.78 is 1.68. The SMILES string of the molecule is CNCC1CCCN1Cc1cc(=O)n2c(C)csc2n1.Cl. The van der Waals surface area contributed by atoms with Crippen LogP contribution < -0.4 is 10.9 Å². The number of nitrogens with one attached hydrogen (secondary N) is 1. The number of fused-ring (bicyclic) bond motifs is 1. The van der Waals surface area contributed by atoms with E-state index in [0.717, 1.165) is 36.0 Å². The lowest BCUT2D eigenvalue weighted by molar-refractivity contribution is 0.239. The number of likely N-dealkylation sites (N-methyl/N-ethyl adjacent to an activating group) is 1. The molecule has 0 aromatic carbocycles. The molecule has 1 unspecified atom stereocenters. The number of hydrogen-bond donors (Lipinski definition) is 1. The Bertz CT molecular complexity index is 669. The summed E-state index contributed by atoms with van der Waals surface area (Å²) in [6, 6.07) is 2.24. The molecule has 21 heavy (non-hydrogen) atoms. The Hall–Kier alpha value is -0.950. The van der Waals surface area contributed by atoms with Crippen molar-refractivity contribution in [3.05, 3.63) is 33.2 Å². The maximum atomic E-state index is 12.2. The number of thiazole rings is 1. The van der Waals surface area contributed by atoms with Crippen molar-refractivity contribution in [1.82, 2.24) is 19.6 Å². The fourth-order valence-electron chi connectivity index (χ4n) is 2.96. The van der Waals surface area contributed by atoms with E-state index in [1.807, 2.05) is 19.4 Å². The number of halogens is 1. The van der Waals surface area contributed by atoms with E-state index >= 15 is 0 Å². The van der Waals surface area contributed by atoms with Crippen molar-refractivity contribution in [2.75, 3.05) is 20.1 Å². The first-order valence-electron chi connectivity index (χ1n) is 7.04. The van der Waals surface area contributed by atoms with Gasteiger partial charge in [0.1, 0.15) is 0 Å².